The molecule has 1 fully saturated rings. The van der Waals surface area contributed by atoms with Gasteiger partial charge < -0.3 is 10.2 Å². The molecule has 2 rings (SSSR count). The molecular weight excluding hydrogens is 287 g/mol. The van der Waals surface area contributed by atoms with Crippen molar-refractivity contribution in [3.05, 3.63) is 28.2 Å². The molecule has 102 valence electrons. The zero-order valence-corrected chi connectivity index (χ0v) is 12.0. The van der Waals surface area contributed by atoms with Gasteiger partial charge in [0, 0.05) is 18.7 Å². The molecule has 0 radical (unpaired) electrons. The minimum Gasteiger partial charge on any atom is -0.331 e. The van der Waals surface area contributed by atoms with Crippen molar-refractivity contribution in [2.75, 3.05) is 11.9 Å². The lowest BCUT2D eigenvalue weighted by Gasteiger charge is -2.19. The van der Waals surface area contributed by atoms with E-state index in [1.807, 2.05) is 0 Å². The number of amides is 2. The van der Waals surface area contributed by atoms with Crippen LogP contribution in [-0.4, -0.2) is 29.3 Å². The number of carbonyl (C=O) groups excluding carboxylic acids is 2. The van der Waals surface area contributed by atoms with Crippen LogP contribution in [0.4, 0.5) is 5.69 Å². The van der Waals surface area contributed by atoms with Gasteiger partial charge in [-0.25, -0.2) is 0 Å². The van der Waals surface area contributed by atoms with E-state index in [4.69, 9.17) is 23.2 Å². The molecule has 19 heavy (non-hydrogen) atoms. The first-order chi connectivity index (χ1) is 8.97. The summed E-state index contributed by atoms with van der Waals surface area (Å²) in [5, 5.41) is 3.52. The second kappa shape index (κ2) is 5.80. The number of anilines is 1. The highest BCUT2D eigenvalue weighted by Crippen LogP contribution is 2.27. The number of halogens is 2. The highest BCUT2D eigenvalue weighted by molar-refractivity contribution is 6.42. The predicted molar refractivity (Wildman–Crippen MR) is 75.5 cm³/mol. The molecule has 6 heteroatoms. The minimum atomic E-state index is -0.236. The molecule has 0 aliphatic heterocycles. The molecule has 0 heterocycles. The zero-order valence-electron chi connectivity index (χ0n) is 10.5. The van der Waals surface area contributed by atoms with Crippen LogP contribution < -0.4 is 5.32 Å². The third kappa shape index (κ3) is 3.85. The second-order valence-corrected chi connectivity index (χ2v) is 5.37. The largest absolute Gasteiger partial charge is 0.331 e. The molecule has 0 saturated heterocycles. The van der Waals surface area contributed by atoms with Crippen LogP contribution in [0.5, 0.6) is 0 Å². The normalized spacial score (nSPS) is 14.1. The molecule has 1 saturated carbocycles. The van der Waals surface area contributed by atoms with Crippen molar-refractivity contribution in [1.29, 1.82) is 0 Å². The number of nitrogens with zero attached hydrogens (tertiary/aromatic N) is 1. The fraction of sp³-hybridized carbons (Fsp3) is 0.385. The maximum Gasteiger partial charge on any atom is 0.244 e. The van der Waals surface area contributed by atoms with E-state index in [2.05, 4.69) is 5.32 Å². The third-order valence-electron chi connectivity index (χ3n) is 2.91. The number of hydrogen-bond donors (Lipinski definition) is 1. The van der Waals surface area contributed by atoms with Crippen LogP contribution in [0.2, 0.25) is 10.0 Å². The van der Waals surface area contributed by atoms with Gasteiger partial charge in [0.05, 0.1) is 10.0 Å². The first-order valence-corrected chi connectivity index (χ1v) is 6.75. The Hall–Kier alpha value is -1.26. The summed E-state index contributed by atoms with van der Waals surface area (Å²) in [5.41, 5.74) is 0.568. The van der Waals surface area contributed by atoms with E-state index in [9.17, 15) is 9.59 Å². The van der Waals surface area contributed by atoms with Gasteiger partial charge in [-0.1, -0.05) is 23.2 Å². The predicted octanol–water partition coefficient (Wildman–Crippen LogP) is 2.94. The first-order valence-electron chi connectivity index (χ1n) is 5.99. The maximum absolute atomic E-state index is 11.9. The Bertz CT molecular complexity index is 515. The Morgan fingerprint density at radius 3 is 2.53 bits per heavy atom. The molecule has 0 bridgehead atoms. The van der Waals surface area contributed by atoms with E-state index in [0.29, 0.717) is 15.7 Å². The van der Waals surface area contributed by atoms with Gasteiger partial charge in [0.25, 0.3) is 0 Å². The van der Waals surface area contributed by atoms with Gasteiger partial charge in [-0.15, -0.1) is 0 Å². The average molecular weight is 301 g/mol. The summed E-state index contributed by atoms with van der Waals surface area (Å²) in [6, 6.07) is 5.08. The van der Waals surface area contributed by atoms with Gasteiger partial charge in [-0.05, 0) is 31.0 Å². The lowest BCUT2D eigenvalue weighted by Crippen LogP contribution is -2.38. The van der Waals surface area contributed by atoms with Crippen LogP contribution in [0.25, 0.3) is 0 Å². The Morgan fingerprint density at radius 1 is 1.32 bits per heavy atom. The fourth-order valence-electron chi connectivity index (χ4n) is 1.81. The van der Waals surface area contributed by atoms with Crippen molar-refractivity contribution in [1.82, 2.24) is 4.90 Å². The summed E-state index contributed by atoms with van der Waals surface area (Å²) in [5.74, 6) is -0.313. The standard InChI is InChI=1S/C13H14Cl2N2O2/c1-8(18)17(10-3-4-10)7-13(19)16-9-2-5-11(14)12(15)6-9/h2,5-6,10H,3-4,7H2,1H3,(H,16,19). The Balaban J connectivity index is 1.96. The van der Waals surface area contributed by atoms with Crippen LogP contribution in [-0.2, 0) is 9.59 Å². The fourth-order valence-corrected chi connectivity index (χ4v) is 2.11. The van der Waals surface area contributed by atoms with Gasteiger partial charge in [0.2, 0.25) is 11.8 Å². The molecule has 1 N–H and O–H groups in total. The monoisotopic (exact) mass is 300 g/mol. The average Bonchev–Trinajstić information content (AvgIpc) is 3.14. The molecule has 0 atom stereocenters. The van der Waals surface area contributed by atoms with Gasteiger partial charge in [-0.3, -0.25) is 9.59 Å². The lowest BCUT2D eigenvalue weighted by atomic mass is 10.3. The van der Waals surface area contributed by atoms with Crippen molar-refractivity contribution in [3.8, 4) is 0 Å². The minimum absolute atomic E-state index is 0.0697. The molecule has 0 aromatic heterocycles. The topological polar surface area (TPSA) is 49.4 Å². The lowest BCUT2D eigenvalue weighted by molar-refractivity contribution is -0.133. The van der Waals surface area contributed by atoms with Crippen LogP contribution in [0.15, 0.2) is 18.2 Å². The summed E-state index contributed by atoms with van der Waals surface area (Å²) in [6.07, 6.45) is 1.94. The third-order valence-corrected chi connectivity index (χ3v) is 3.65. The van der Waals surface area contributed by atoms with Crippen molar-refractivity contribution >= 4 is 40.7 Å². The van der Waals surface area contributed by atoms with Crippen molar-refractivity contribution in [2.24, 2.45) is 0 Å². The number of rotatable bonds is 4. The summed E-state index contributed by atoms with van der Waals surface area (Å²) in [7, 11) is 0. The van der Waals surface area contributed by atoms with E-state index >= 15 is 0 Å². The SMILES string of the molecule is CC(=O)N(CC(=O)Nc1ccc(Cl)c(Cl)c1)C1CC1. The number of hydrogen-bond acceptors (Lipinski definition) is 2. The van der Waals surface area contributed by atoms with E-state index < -0.39 is 0 Å². The molecule has 1 aliphatic carbocycles. The summed E-state index contributed by atoms with van der Waals surface area (Å²) >= 11 is 11.7. The van der Waals surface area contributed by atoms with Crippen LogP contribution in [0.3, 0.4) is 0 Å². The highest BCUT2D eigenvalue weighted by atomic mass is 35.5. The van der Waals surface area contributed by atoms with Crippen LogP contribution >= 0.6 is 23.2 Å². The second-order valence-electron chi connectivity index (χ2n) is 4.56. The number of benzene rings is 1. The highest BCUT2D eigenvalue weighted by Gasteiger charge is 2.31. The van der Waals surface area contributed by atoms with Crippen molar-refractivity contribution in [2.45, 2.75) is 25.8 Å². The van der Waals surface area contributed by atoms with Gasteiger partial charge >= 0.3 is 0 Å². The van der Waals surface area contributed by atoms with E-state index in [1.165, 1.54) is 6.92 Å². The quantitative estimate of drug-likeness (QED) is 0.929. The molecule has 1 aromatic rings. The van der Waals surface area contributed by atoms with Gasteiger partial charge in [-0.2, -0.15) is 0 Å². The zero-order chi connectivity index (χ0) is 14.0. The molecule has 1 aliphatic rings. The molecule has 1 aromatic carbocycles. The molecule has 2 amide bonds. The number of nitrogens with one attached hydrogen (secondary N) is 1. The van der Waals surface area contributed by atoms with Crippen LogP contribution in [0, 0.1) is 0 Å². The molecule has 4 nitrogen and oxygen atoms in total. The smallest absolute Gasteiger partial charge is 0.244 e. The molecule has 0 spiro atoms. The maximum atomic E-state index is 11.9. The molecule has 0 unspecified atom stereocenters. The van der Waals surface area contributed by atoms with Crippen LogP contribution in [0.1, 0.15) is 19.8 Å². The van der Waals surface area contributed by atoms with E-state index in [0.717, 1.165) is 12.8 Å². The Labute approximate surface area is 121 Å². The number of carbonyl (C=O) groups is 2. The summed E-state index contributed by atoms with van der Waals surface area (Å²) in [4.78, 5) is 24.9. The van der Waals surface area contributed by atoms with E-state index in [-0.39, 0.29) is 24.4 Å². The van der Waals surface area contributed by atoms with Gasteiger partial charge in [0.15, 0.2) is 0 Å². The molecular formula is C13H14Cl2N2O2. The van der Waals surface area contributed by atoms with E-state index in [1.54, 1.807) is 23.1 Å². The Kier molecular flexibility index (Phi) is 4.32. The summed E-state index contributed by atoms with van der Waals surface area (Å²) in [6.45, 7) is 1.55. The Morgan fingerprint density at radius 2 is 2.00 bits per heavy atom. The van der Waals surface area contributed by atoms with Gasteiger partial charge in [0.1, 0.15) is 6.54 Å². The van der Waals surface area contributed by atoms with Crippen molar-refractivity contribution in [3.63, 3.8) is 0 Å². The summed E-state index contributed by atoms with van der Waals surface area (Å²) < 4.78 is 0. The first kappa shape index (κ1) is 14.2. The van der Waals surface area contributed by atoms with Crippen molar-refractivity contribution < 1.29 is 9.59 Å².